The van der Waals surface area contributed by atoms with E-state index < -0.39 is 23.4 Å². The highest BCUT2D eigenvalue weighted by molar-refractivity contribution is 5.91. The molecule has 0 bridgehead atoms. The van der Waals surface area contributed by atoms with E-state index in [4.69, 9.17) is 9.47 Å². The van der Waals surface area contributed by atoms with E-state index in [1.807, 2.05) is 12.1 Å². The molecule has 0 aromatic heterocycles. The van der Waals surface area contributed by atoms with Gasteiger partial charge < -0.3 is 9.47 Å². The van der Waals surface area contributed by atoms with Crippen molar-refractivity contribution in [3.05, 3.63) is 59.2 Å². The smallest absolute Gasteiger partial charge is 0.343 e. The second-order valence-corrected chi connectivity index (χ2v) is 7.64. The van der Waals surface area contributed by atoms with Crippen molar-refractivity contribution in [2.75, 3.05) is 6.61 Å². The van der Waals surface area contributed by atoms with Gasteiger partial charge in [-0.25, -0.2) is 4.79 Å². The van der Waals surface area contributed by atoms with Gasteiger partial charge in [-0.05, 0) is 74.3 Å². The molecule has 0 atom stereocenters. The van der Waals surface area contributed by atoms with Gasteiger partial charge in [0, 0.05) is 0 Å². The van der Waals surface area contributed by atoms with Crippen LogP contribution in [0.1, 0.15) is 74.2 Å². The van der Waals surface area contributed by atoms with Crippen LogP contribution in [0, 0.1) is 17.6 Å². The predicted octanol–water partition coefficient (Wildman–Crippen LogP) is 6.66. The van der Waals surface area contributed by atoms with Crippen LogP contribution < -0.4 is 9.47 Å². The summed E-state index contributed by atoms with van der Waals surface area (Å²) in [5.74, 6) is -2.40. The summed E-state index contributed by atoms with van der Waals surface area (Å²) in [5.41, 5.74) is 1.52. The molecule has 5 heteroatoms. The number of benzene rings is 2. The van der Waals surface area contributed by atoms with E-state index in [9.17, 15) is 13.6 Å². The highest BCUT2D eigenvalue weighted by Gasteiger charge is 2.23. The minimum absolute atomic E-state index is 0.206. The van der Waals surface area contributed by atoms with Gasteiger partial charge in [0.05, 0.1) is 12.2 Å². The summed E-state index contributed by atoms with van der Waals surface area (Å²) in [7, 11) is 0. The van der Waals surface area contributed by atoms with E-state index in [2.05, 4.69) is 6.92 Å². The van der Waals surface area contributed by atoms with E-state index in [-0.39, 0.29) is 12.4 Å². The lowest BCUT2D eigenvalue weighted by Gasteiger charge is -2.28. The molecule has 0 radical (unpaired) electrons. The zero-order valence-electron chi connectivity index (χ0n) is 17.0. The summed E-state index contributed by atoms with van der Waals surface area (Å²) in [6.07, 6.45) is 7.40. The van der Waals surface area contributed by atoms with E-state index in [1.54, 1.807) is 19.1 Å². The molecule has 0 aliphatic heterocycles. The lowest BCUT2D eigenvalue weighted by atomic mass is 9.77. The minimum Gasteiger partial charge on any atom is -0.491 e. The van der Waals surface area contributed by atoms with E-state index in [1.165, 1.54) is 56.2 Å². The summed E-state index contributed by atoms with van der Waals surface area (Å²) >= 11 is 0. The quantitative estimate of drug-likeness (QED) is 0.384. The third-order valence-electron chi connectivity index (χ3n) is 5.68. The van der Waals surface area contributed by atoms with Gasteiger partial charge in [-0.3, -0.25) is 0 Å². The third-order valence-corrected chi connectivity index (χ3v) is 5.68. The van der Waals surface area contributed by atoms with Crippen LogP contribution in [0.2, 0.25) is 0 Å². The van der Waals surface area contributed by atoms with Crippen LogP contribution in [0.3, 0.4) is 0 Å². The summed E-state index contributed by atoms with van der Waals surface area (Å²) in [6, 6.07) is 9.72. The Balaban J connectivity index is 1.63. The van der Waals surface area contributed by atoms with Gasteiger partial charge in [0.15, 0.2) is 11.5 Å². The molecule has 1 aliphatic rings. The number of halogens is 2. The normalized spacial score (nSPS) is 19.0. The van der Waals surface area contributed by atoms with E-state index >= 15 is 0 Å². The van der Waals surface area contributed by atoms with Crippen molar-refractivity contribution in [3.8, 4) is 11.5 Å². The number of rotatable bonds is 7. The maximum Gasteiger partial charge on any atom is 0.343 e. The van der Waals surface area contributed by atoms with Crippen LogP contribution in [0.15, 0.2) is 36.4 Å². The van der Waals surface area contributed by atoms with E-state index in [0.29, 0.717) is 11.5 Å². The lowest BCUT2D eigenvalue weighted by Crippen LogP contribution is -2.14. The maximum atomic E-state index is 14.1. The number of carbonyl (C=O) groups is 1. The zero-order chi connectivity index (χ0) is 20.8. The van der Waals surface area contributed by atoms with Gasteiger partial charge in [-0.1, -0.05) is 31.9 Å². The second-order valence-electron chi connectivity index (χ2n) is 7.64. The van der Waals surface area contributed by atoms with Crippen LogP contribution in [0.25, 0.3) is 0 Å². The summed E-state index contributed by atoms with van der Waals surface area (Å²) in [4.78, 5) is 12.3. The average Bonchev–Trinajstić information content (AvgIpc) is 2.74. The Labute approximate surface area is 171 Å². The van der Waals surface area contributed by atoms with Crippen LogP contribution >= 0.6 is 0 Å². The Morgan fingerprint density at radius 1 is 0.931 bits per heavy atom. The fourth-order valence-electron chi connectivity index (χ4n) is 4.10. The Hall–Kier alpha value is -2.43. The molecule has 29 heavy (non-hydrogen) atoms. The van der Waals surface area contributed by atoms with E-state index in [0.717, 1.165) is 5.92 Å². The Morgan fingerprint density at radius 2 is 1.55 bits per heavy atom. The molecule has 0 unspecified atom stereocenters. The zero-order valence-corrected chi connectivity index (χ0v) is 17.0. The molecule has 3 rings (SSSR count). The van der Waals surface area contributed by atoms with Gasteiger partial charge >= 0.3 is 5.97 Å². The molecule has 0 N–H and O–H groups in total. The predicted molar refractivity (Wildman–Crippen MR) is 109 cm³/mol. The van der Waals surface area contributed by atoms with Gasteiger partial charge in [-0.15, -0.1) is 0 Å². The molecule has 0 heterocycles. The van der Waals surface area contributed by atoms with Crippen LogP contribution in [0.4, 0.5) is 8.78 Å². The van der Waals surface area contributed by atoms with Crippen molar-refractivity contribution in [1.29, 1.82) is 0 Å². The number of hydrogen-bond donors (Lipinski definition) is 0. The number of ether oxygens (including phenoxy) is 2. The topological polar surface area (TPSA) is 35.5 Å². The maximum absolute atomic E-state index is 14.1. The molecule has 156 valence electrons. The van der Waals surface area contributed by atoms with Crippen LogP contribution in [-0.4, -0.2) is 12.6 Å². The van der Waals surface area contributed by atoms with Gasteiger partial charge in [0.1, 0.15) is 0 Å². The lowest BCUT2D eigenvalue weighted by molar-refractivity contribution is 0.0726. The molecule has 0 amide bonds. The molecule has 2 aromatic rings. The standard InChI is InChI=1S/C24H28F2O3/c1-3-5-16-6-8-17(9-7-16)18-10-12-19(13-11-18)24(27)29-21-15-14-20(28-4-2)22(25)23(21)26/h10-17H,3-9H2,1-2H3. The summed E-state index contributed by atoms with van der Waals surface area (Å²) < 4.78 is 38.1. The van der Waals surface area contributed by atoms with Gasteiger partial charge in [0.2, 0.25) is 11.6 Å². The molecule has 1 fully saturated rings. The highest BCUT2D eigenvalue weighted by atomic mass is 19.2. The first-order valence-electron chi connectivity index (χ1n) is 10.5. The Bertz CT molecular complexity index is 825. The van der Waals surface area contributed by atoms with Crippen LogP contribution in [-0.2, 0) is 0 Å². The fraction of sp³-hybridized carbons (Fsp3) is 0.458. The first kappa shape index (κ1) is 21.3. The molecule has 1 aliphatic carbocycles. The first-order chi connectivity index (χ1) is 14.0. The largest absolute Gasteiger partial charge is 0.491 e. The molecule has 2 aromatic carbocycles. The Kier molecular flexibility index (Phi) is 7.24. The Morgan fingerprint density at radius 3 is 2.17 bits per heavy atom. The van der Waals surface area contributed by atoms with Crippen molar-refractivity contribution in [1.82, 2.24) is 0 Å². The molecule has 0 saturated heterocycles. The van der Waals surface area contributed by atoms with Crippen molar-refractivity contribution < 1.29 is 23.0 Å². The fourth-order valence-corrected chi connectivity index (χ4v) is 4.10. The first-order valence-corrected chi connectivity index (χ1v) is 10.5. The van der Waals surface area contributed by atoms with Gasteiger partial charge in [-0.2, -0.15) is 8.78 Å². The third kappa shape index (κ3) is 5.14. The number of hydrogen-bond acceptors (Lipinski definition) is 3. The average molecular weight is 402 g/mol. The number of esters is 1. The van der Waals surface area contributed by atoms with Crippen molar-refractivity contribution >= 4 is 5.97 Å². The molecular formula is C24H28F2O3. The molecular weight excluding hydrogens is 374 g/mol. The molecule has 0 spiro atoms. The second kappa shape index (κ2) is 9.86. The SMILES string of the molecule is CCCC1CCC(c2ccc(C(=O)Oc3ccc(OCC)c(F)c3F)cc2)CC1. The summed E-state index contributed by atoms with van der Waals surface area (Å²) in [6.45, 7) is 4.12. The van der Waals surface area contributed by atoms with Crippen molar-refractivity contribution in [2.24, 2.45) is 5.92 Å². The molecule has 1 saturated carbocycles. The summed E-state index contributed by atoms with van der Waals surface area (Å²) in [5, 5.41) is 0. The highest BCUT2D eigenvalue weighted by Crippen LogP contribution is 2.37. The monoisotopic (exact) mass is 402 g/mol. The van der Waals surface area contributed by atoms with Gasteiger partial charge in [0.25, 0.3) is 0 Å². The van der Waals surface area contributed by atoms with Crippen molar-refractivity contribution in [2.45, 2.75) is 58.3 Å². The molecule has 3 nitrogen and oxygen atoms in total. The number of carbonyl (C=O) groups excluding carboxylic acids is 1. The van der Waals surface area contributed by atoms with Crippen LogP contribution in [0.5, 0.6) is 11.5 Å². The van der Waals surface area contributed by atoms with Crippen molar-refractivity contribution in [3.63, 3.8) is 0 Å². The minimum atomic E-state index is -1.23.